The smallest absolute Gasteiger partial charge is 0.151 e. The largest absolute Gasteiger partial charge is 0.355 e. The van der Waals surface area contributed by atoms with Crippen LogP contribution in [0.2, 0.25) is 0 Å². The van der Waals surface area contributed by atoms with Gasteiger partial charge in [-0.1, -0.05) is 0 Å². The Balaban J connectivity index is 1.39. The van der Waals surface area contributed by atoms with Crippen molar-refractivity contribution in [2.45, 2.75) is 19.9 Å². The Morgan fingerprint density at radius 3 is 2.61 bits per heavy atom. The molecule has 4 heterocycles. The molecule has 4 rings (SSSR count). The summed E-state index contributed by atoms with van der Waals surface area (Å²) in [5, 5.41) is 8.56. The van der Waals surface area contributed by atoms with Gasteiger partial charge in [-0.25, -0.2) is 0 Å². The van der Waals surface area contributed by atoms with Crippen molar-refractivity contribution in [1.29, 1.82) is 0 Å². The van der Waals surface area contributed by atoms with Crippen LogP contribution in [0, 0.1) is 18.8 Å². The van der Waals surface area contributed by atoms with Gasteiger partial charge in [-0.15, -0.1) is 5.10 Å². The molecular formula is C18H23N5. The van der Waals surface area contributed by atoms with Gasteiger partial charge < -0.3 is 4.90 Å². The van der Waals surface area contributed by atoms with Crippen LogP contribution >= 0.6 is 0 Å². The number of aromatic nitrogens is 3. The summed E-state index contributed by atoms with van der Waals surface area (Å²) in [7, 11) is 0. The highest BCUT2D eigenvalue weighted by Crippen LogP contribution is 2.33. The number of rotatable bonds is 3. The summed E-state index contributed by atoms with van der Waals surface area (Å²) in [4.78, 5) is 9.10. The van der Waals surface area contributed by atoms with Crippen LogP contribution in [0.5, 0.6) is 0 Å². The predicted octanol–water partition coefficient (Wildman–Crippen LogP) is 2.14. The predicted molar refractivity (Wildman–Crippen MR) is 90.1 cm³/mol. The van der Waals surface area contributed by atoms with Gasteiger partial charge in [0, 0.05) is 38.6 Å². The van der Waals surface area contributed by atoms with E-state index in [1.807, 2.05) is 19.3 Å². The molecule has 0 N–H and O–H groups in total. The van der Waals surface area contributed by atoms with E-state index in [4.69, 9.17) is 0 Å². The van der Waals surface area contributed by atoms with Crippen LogP contribution < -0.4 is 4.90 Å². The molecule has 0 aliphatic carbocycles. The van der Waals surface area contributed by atoms with Crippen molar-refractivity contribution in [1.82, 2.24) is 20.1 Å². The summed E-state index contributed by atoms with van der Waals surface area (Å²) in [5.74, 6) is 2.58. The minimum atomic E-state index is 0.744. The van der Waals surface area contributed by atoms with Crippen LogP contribution in [0.1, 0.15) is 17.7 Å². The Labute approximate surface area is 137 Å². The molecule has 0 aromatic carbocycles. The van der Waals surface area contributed by atoms with E-state index in [-0.39, 0.29) is 0 Å². The molecule has 5 heteroatoms. The first-order chi connectivity index (χ1) is 11.3. The number of aryl methyl sites for hydroxylation is 1. The van der Waals surface area contributed by atoms with Crippen LogP contribution in [0.15, 0.2) is 36.7 Å². The second kappa shape index (κ2) is 6.24. The van der Waals surface area contributed by atoms with Crippen molar-refractivity contribution in [2.24, 2.45) is 11.8 Å². The SMILES string of the molecule is Cc1ccc(N2C[C@H]3CCN(Cc4ccncc4)C[C@H]3C2)nn1. The van der Waals surface area contributed by atoms with Gasteiger partial charge in [0.15, 0.2) is 5.82 Å². The van der Waals surface area contributed by atoms with Crippen molar-refractivity contribution in [3.05, 3.63) is 47.9 Å². The second-order valence-electron chi connectivity index (χ2n) is 6.84. The molecule has 2 atom stereocenters. The Morgan fingerprint density at radius 2 is 1.83 bits per heavy atom. The first-order valence-electron chi connectivity index (χ1n) is 8.44. The lowest BCUT2D eigenvalue weighted by Gasteiger charge is -2.34. The first kappa shape index (κ1) is 14.6. The van der Waals surface area contributed by atoms with E-state index in [1.165, 1.54) is 25.1 Å². The van der Waals surface area contributed by atoms with Gasteiger partial charge in [-0.2, -0.15) is 5.10 Å². The van der Waals surface area contributed by atoms with Crippen LogP contribution in [-0.4, -0.2) is 46.3 Å². The van der Waals surface area contributed by atoms with Crippen molar-refractivity contribution in [2.75, 3.05) is 31.1 Å². The number of anilines is 1. The molecule has 2 saturated heterocycles. The average molecular weight is 309 g/mol. The van der Waals surface area contributed by atoms with E-state index in [0.29, 0.717) is 0 Å². The molecular weight excluding hydrogens is 286 g/mol. The Kier molecular flexibility index (Phi) is 3.95. The average Bonchev–Trinajstić information content (AvgIpc) is 3.00. The highest BCUT2D eigenvalue weighted by Gasteiger charge is 2.37. The lowest BCUT2D eigenvalue weighted by Crippen LogP contribution is -2.39. The van der Waals surface area contributed by atoms with Crippen LogP contribution in [0.3, 0.4) is 0 Å². The molecule has 23 heavy (non-hydrogen) atoms. The Bertz CT molecular complexity index is 642. The van der Waals surface area contributed by atoms with Gasteiger partial charge in [0.2, 0.25) is 0 Å². The quantitative estimate of drug-likeness (QED) is 0.869. The maximum Gasteiger partial charge on any atom is 0.151 e. The van der Waals surface area contributed by atoms with Crippen LogP contribution in [0.4, 0.5) is 5.82 Å². The molecule has 0 amide bonds. The lowest BCUT2D eigenvalue weighted by molar-refractivity contribution is 0.142. The lowest BCUT2D eigenvalue weighted by atomic mass is 9.88. The fourth-order valence-electron chi connectivity index (χ4n) is 3.88. The van der Waals surface area contributed by atoms with E-state index >= 15 is 0 Å². The summed E-state index contributed by atoms with van der Waals surface area (Å²) in [6.45, 7) is 7.63. The number of fused-ring (bicyclic) bond motifs is 1. The highest BCUT2D eigenvalue weighted by atomic mass is 15.3. The molecule has 0 spiro atoms. The summed E-state index contributed by atoms with van der Waals surface area (Å²) < 4.78 is 0. The number of piperidine rings is 1. The molecule has 2 aliphatic heterocycles. The van der Waals surface area contributed by atoms with Gasteiger partial charge in [0.05, 0.1) is 5.69 Å². The first-order valence-corrected chi connectivity index (χ1v) is 8.44. The number of likely N-dealkylation sites (tertiary alicyclic amines) is 1. The highest BCUT2D eigenvalue weighted by molar-refractivity contribution is 5.39. The number of hydrogen-bond acceptors (Lipinski definition) is 5. The van der Waals surface area contributed by atoms with E-state index in [0.717, 1.165) is 43.0 Å². The topological polar surface area (TPSA) is 45.2 Å². The van der Waals surface area contributed by atoms with Crippen LogP contribution in [0.25, 0.3) is 0 Å². The summed E-state index contributed by atoms with van der Waals surface area (Å²) in [6.07, 6.45) is 5.05. The van der Waals surface area contributed by atoms with Gasteiger partial charge in [0.1, 0.15) is 0 Å². The monoisotopic (exact) mass is 309 g/mol. The third-order valence-electron chi connectivity index (χ3n) is 5.15. The van der Waals surface area contributed by atoms with Crippen molar-refractivity contribution < 1.29 is 0 Å². The maximum absolute atomic E-state index is 4.36. The molecule has 2 fully saturated rings. The molecule has 2 aliphatic rings. The molecule has 2 aromatic heterocycles. The molecule has 0 radical (unpaired) electrons. The normalized spacial score (nSPS) is 24.7. The molecule has 0 bridgehead atoms. The van der Waals surface area contributed by atoms with Crippen LogP contribution in [-0.2, 0) is 6.54 Å². The van der Waals surface area contributed by atoms with E-state index < -0.39 is 0 Å². The van der Waals surface area contributed by atoms with Gasteiger partial charge in [-0.3, -0.25) is 9.88 Å². The number of nitrogens with zero attached hydrogens (tertiary/aromatic N) is 5. The summed E-state index contributed by atoms with van der Waals surface area (Å²) in [5.41, 5.74) is 2.34. The second-order valence-corrected chi connectivity index (χ2v) is 6.84. The summed E-state index contributed by atoms with van der Waals surface area (Å²) in [6, 6.07) is 8.40. The molecule has 0 unspecified atom stereocenters. The van der Waals surface area contributed by atoms with Crippen molar-refractivity contribution in [3.63, 3.8) is 0 Å². The Morgan fingerprint density at radius 1 is 1.00 bits per heavy atom. The minimum Gasteiger partial charge on any atom is -0.355 e. The van der Waals surface area contributed by atoms with E-state index in [1.54, 1.807) is 0 Å². The minimum absolute atomic E-state index is 0.744. The maximum atomic E-state index is 4.36. The number of pyridine rings is 1. The van der Waals surface area contributed by atoms with Crippen molar-refractivity contribution >= 4 is 5.82 Å². The zero-order valence-corrected chi connectivity index (χ0v) is 13.6. The third-order valence-corrected chi connectivity index (χ3v) is 5.15. The third kappa shape index (κ3) is 3.20. The van der Waals surface area contributed by atoms with E-state index in [2.05, 4.69) is 49.2 Å². The molecule has 5 nitrogen and oxygen atoms in total. The summed E-state index contributed by atoms with van der Waals surface area (Å²) >= 11 is 0. The standard InChI is InChI=1S/C18H23N5/c1-14-2-3-18(21-20-14)23-12-16-6-9-22(11-17(16)13-23)10-15-4-7-19-8-5-15/h2-5,7-8,16-17H,6,9-13H2,1H3/t16-,17+/m1/s1. The fourth-order valence-corrected chi connectivity index (χ4v) is 3.88. The zero-order valence-electron chi connectivity index (χ0n) is 13.6. The molecule has 0 saturated carbocycles. The molecule has 2 aromatic rings. The number of hydrogen-bond donors (Lipinski definition) is 0. The zero-order chi connectivity index (χ0) is 15.6. The van der Waals surface area contributed by atoms with Crippen molar-refractivity contribution in [3.8, 4) is 0 Å². The Hall–Kier alpha value is -2.01. The van der Waals surface area contributed by atoms with Gasteiger partial charge >= 0.3 is 0 Å². The van der Waals surface area contributed by atoms with Gasteiger partial charge in [-0.05, 0) is 61.6 Å². The van der Waals surface area contributed by atoms with Gasteiger partial charge in [0.25, 0.3) is 0 Å². The van der Waals surface area contributed by atoms with E-state index in [9.17, 15) is 0 Å². The molecule has 120 valence electrons. The fraction of sp³-hybridized carbons (Fsp3) is 0.500.